The summed E-state index contributed by atoms with van der Waals surface area (Å²) in [6.45, 7) is 0. The maximum absolute atomic E-state index is 11.7. The Morgan fingerprint density at radius 1 is 1.21 bits per heavy atom. The van der Waals surface area contributed by atoms with Gasteiger partial charge in [-0.05, 0) is 18.2 Å². The molecule has 0 bridgehead atoms. The van der Waals surface area contributed by atoms with E-state index in [0.717, 1.165) is 0 Å². The number of esters is 2. The molecular weight excluding hydrogens is 248 g/mol. The first kappa shape index (κ1) is 12.6. The Kier molecular flexibility index (Phi) is 3.21. The number of carbonyl (C=O) groups is 2. The van der Waals surface area contributed by atoms with Crippen LogP contribution < -0.4 is 0 Å². The molecule has 0 saturated heterocycles. The Labute approximate surface area is 108 Å². The van der Waals surface area contributed by atoms with Gasteiger partial charge < -0.3 is 13.9 Å². The number of fused-ring (bicyclic) bond motifs is 1. The van der Waals surface area contributed by atoms with Crippen molar-refractivity contribution in [1.82, 2.24) is 4.40 Å². The summed E-state index contributed by atoms with van der Waals surface area (Å²) in [4.78, 5) is 23.4. The van der Waals surface area contributed by atoms with Crippen molar-refractivity contribution in [2.45, 2.75) is 0 Å². The number of hydrogen-bond acceptors (Lipinski definition) is 5. The molecule has 2 rings (SSSR count). The second-order valence-corrected chi connectivity index (χ2v) is 3.68. The van der Waals surface area contributed by atoms with Crippen LogP contribution in [0.15, 0.2) is 24.4 Å². The second-order valence-electron chi connectivity index (χ2n) is 3.68. The summed E-state index contributed by atoms with van der Waals surface area (Å²) in [5.74, 6) is -1.20. The van der Waals surface area contributed by atoms with Gasteiger partial charge in [0.05, 0.1) is 30.9 Å². The average Bonchev–Trinajstić information content (AvgIpc) is 2.84. The largest absolute Gasteiger partial charge is 0.465 e. The van der Waals surface area contributed by atoms with Gasteiger partial charge in [-0.25, -0.2) is 9.59 Å². The van der Waals surface area contributed by atoms with E-state index >= 15 is 0 Å². The number of ether oxygens (including phenoxy) is 2. The van der Waals surface area contributed by atoms with E-state index in [-0.39, 0.29) is 16.8 Å². The molecule has 0 atom stereocenters. The molecule has 96 valence electrons. The van der Waals surface area contributed by atoms with Gasteiger partial charge in [0, 0.05) is 6.20 Å². The Morgan fingerprint density at radius 3 is 2.42 bits per heavy atom. The summed E-state index contributed by atoms with van der Waals surface area (Å²) in [5.41, 5.74) is 0.894. The van der Waals surface area contributed by atoms with E-state index in [2.05, 4.69) is 9.47 Å². The van der Waals surface area contributed by atoms with Crippen molar-refractivity contribution < 1.29 is 19.1 Å². The molecular formula is C13H10N2O4. The first-order chi connectivity index (χ1) is 9.13. The fraction of sp³-hybridized carbons (Fsp3) is 0.154. The molecule has 0 aromatic carbocycles. The smallest absolute Gasteiger partial charge is 0.340 e. The summed E-state index contributed by atoms with van der Waals surface area (Å²) in [6.07, 6.45) is 1.59. The van der Waals surface area contributed by atoms with Crippen LogP contribution in [-0.4, -0.2) is 30.6 Å². The minimum Gasteiger partial charge on any atom is -0.465 e. The van der Waals surface area contributed by atoms with Crippen LogP contribution in [0.2, 0.25) is 0 Å². The lowest BCUT2D eigenvalue weighted by Crippen LogP contribution is -2.07. The summed E-state index contributed by atoms with van der Waals surface area (Å²) in [7, 11) is 2.48. The third-order valence-electron chi connectivity index (χ3n) is 2.71. The molecule has 0 unspecified atom stereocenters. The zero-order valence-electron chi connectivity index (χ0n) is 10.3. The summed E-state index contributed by atoms with van der Waals surface area (Å²) in [6, 6.07) is 6.46. The van der Waals surface area contributed by atoms with Gasteiger partial charge in [-0.1, -0.05) is 0 Å². The molecule has 0 aliphatic rings. The van der Waals surface area contributed by atoms with E-state index in [1.54, 1.807) is 12.3 Å². The average molecular weight is 258 g/mol. The van der Waals surface area contributed by atoms with Gasteiger partial charge in [0.2, 0.25) is 0 Å². The predicted molar refractivity (Wildman–Crippen MR) is 64.8 cm³/mol. The number of methoxy groups -OCH3 is 2. The highest BCUT2D eigenvalue weighted by molar-refractivity contribution is 6.06. The van der Waals surface area contributed by atoms with Crippen molar-refractivity contribution >= 4 is 17.5 Å². The van der Waals surface area contributed by atoms with Gasteiger partial charge in [-0.2, -0.15) is 5.26 Å². The number of carbonyl (C=O) groups excluding carboxylic acids is 2. The number of hydrogen-bond donors (Lipinski definition) is 0. The first-order valence-electron chi connectivity index (χ1n) is 5.34. The van der Waals surface area contributed by atoms with E-state index in [4.69, 9.17) is 5.26 Å². The monoisotopic (exact) mass is 258 g/mol. The molecule has 6 heteroatoms. The van der Waals surface area contributed by atoms with E-state index in [0.29, 0.717) is 5.52 Å². The normalized spacial score (nSPS) is 9.95. The van der Waals surface area contributed by atoms with Crippen LogP contribution in [0.4, 0.5) is 0 Å². The fourth-order valence-corrected chi connectivity index (χ4v) is 1.89. The Morgan fingerprint density at radius 2 is 1.84 bits per heavy atom. The molecule has 0 amide bonds. The third kappa shape index (κ3) is 1.91. The molecule has 2 aromatic heterocycles. The van der Waals surface area contributed by atoms with Crippen LogP contribution in [0.1, 0.15) is 26.4 Å². The van der Waals surface area contributed by atoms with E-state index in [1.165, 1.54) is 30.8 Å². The van der Waals surface area contributed by atoms with Gasteiger partial charge in [-0.15, -0.1) is 0 Å². The molecule has 2 aromatic rings. The molecule has 0 aliphatic carbocycles. The molecule has 0 aliphatic heterocycles. The van der Waals surface area contributed by atoms with Crippen LogP contribution in [0.25, 0.3) is 5.52 Å². The number of pyridine rings is 1. The molecule has 0 N–H and O–H groups in total. The highest BCUT2D eigenvalue weighted by Crippen LogP contribution is 2.22. The Balaban J connectivity index is 2.86. The molecule has 0 radical (unpaired) electrons. The third-order valence-corrected chi connectivity index (χ3v) is 2.71. The minimum absolute atomic E-state index is 0.153. The molecule has 2 heterocycles. The molecule has 19 heavy (non-hydrogen) atoms. The lowest BCUT2D eigenvalue weighted by atomic mass is 10.1. The van der Waals surface area contributed by atoms with Crippen LogP contribution >= 0.6 is 0 Å². The lowest BCUT2D eigenvalue weighted by Gasteiger charge is -2.05. The first-order valence-corrected chi connectivity index (χ1v) is 5.34. The summed E-state index contributed by atoms with van der Waals surface area (Å²) in [5, 5.41) is 9.05. The van der Waals surface area contributed by atoms with Gasteiger partial charge in [0.15, 0.2) is 0 Å². The molecule has 0 fully saturated rings. The van der Waals surface area contributed by atoms with E-state index in [9.17, 15) is 9.59 Å². The van der Waals surface area contributed by atoms with Crippen molar-refractivity contribution in [1.29, 1.82) is 5.26 Å². The standard InChI is InChI=1S/C13H10N2O4/c1-18-12(16)9-4-3-5-15-8(7-14)6-10(11(9)15)13(17)19-2/h3-6H,1-2H3. The van der Waals surface area contributed by atoms with Crippen LogP contribution in [-0.2, 0) is 9.47 Å². The van der Waals surface area contributed by atoms with Gasteiger partial charge >= 0.3 is 11.9 Å². The van der Waals surface area contributed by atoms with Crippen molar-refractivity contribution in [3.05, 3.63) is 41.2 Å². The van der Waals surface area contributed by atoms with Crippen molar-refractivity contribution in [3.63, 3.8) is 0 Å². The topological polar surface area (TPSA) is 80.8 Å². The van der Waals surface area contributed by atoms with Crippen LogP contribution in [0.3, 0.4) is 0 Å². The van der Waals surface area contributed by atoms with Crippen molar-refractivity contribution in [3.8, 4) is 6.07 Å². The van der Waals surface area contributed by atoms with E-state index < -0.39 is 11.9 Å². The van der Waals surface area contributed by atoms with Gasteiger partial charge in [0.1, 0.15) is 11.8 Å². The highest BCUT2D eigenvalue weighted by atomic mass is 16.5. The SMILES string of the molecule is COC(=O)c1cccn2c(C#N)cc(C(=O)OC)c12. The van der Waals surface area contributed by atoms with Gasteiger partial charge in [0.25, 0.3) is 0 Å². The number of nitrogens with zero attached hydrogens (tertiary/aromatic N) is 2. The zero-order chi connectivity index (χ0) is 14.0. The zero-order valence-corrected chi connectivity index (χ0v) is 10.3. The number of aromatic nitrogens is 1. The molecule has 6 nitrogen and oxygen atoms in total. The minimum atomic E-state index is -0.615. The molecule has 0 spiro atoms. The number of nitriles is 1. The molecule has 0 saturated carbocycles. The Bertz CT molecular complexity index is 709. The van der Waals surface area contributed by atoms with Gasteiger partial charge in [-0.3, -0.25) is 0 Å². The Hall–Kier alpha value is -2.81. The van der Waals surface area contributed by atoms with Crippen molar-refractivity contribution in [2.75, 3.05) is 14.2 Å². The number of rotatable bonds is 2. The fourth-order valence-electron chi connectivity index (χ4n) is 1.89. The quantitative estimate of drug-likeness (QED) is 0.760. The van der Waals surface area contributed by atoms with Crippen molar-refractivity contribution in [2.24, 2.45) is 0 Å². The maximum Gasteiger partial charge on any atom is 0.340 e. The lowest BCUT2D eigenvalue weighted by molar-refractivity contribution is 0.0601. The van der Waals surface area contributed by atoms with Crippen LogP contribution in [0, 0.1) is 11.3 Å². The van der Waals surface area contributed by atoms with Crippen LogP contribution in [0.5, 0.6) is 0 Å². The predicted octanol–water partition coefficient (Wildman–Crippen LogP) is 1.38. The maximum atomic E-state index is 11.7. The second kappa shape index (κ2) is 4.82. The summed E-state index contributed by atoms with van der Waals surface area (Å²) < 4.78 is 10.8. The highest BCUT2D eigenvalue weighted by Gasteiger charge is 2.21. The summed E-state index contributed by atoms with van der Waals surface area (Å²) >= 11 is 0. The van der Waals surface area contributed by atoms with E-state index in [1.807, 2.05) is 6.07 Å².